The minimum absolute atomic E-state index is 0.0662. The summed E-state index contributed by atoms with van der Waals surface area (Å²) < 4.78 is 4.88. The molecule has 2 rings (SSSR count). The zero-order valence-electron chi connectivity index (χ0n) is 13.0. The van der Waals surface area contributed by atoms with Crippen LogP contribution in [0.15, 0.2) is 28.1 Å². The summed E-state index contributed by atoms with van der Waals surface area (Å²) in [6.45, 7) is 4.12. The first-order chi connectivity index (χ1) is 11.0. The molecule has 0 saturated heterocycles. The van der Waals surface area contributed by atoms with Crippen molar-refractivity contribution in [3.63, 3.8) is 0 Å². The van der Waals surface area contributed by atoms with Gasteiger partial charge in [0.25, 0.3) is 0 Å². The van der Waals surface area contributed by atoms with Gasteiger partial charge in [0.1, 0.15) is 5.76 Å². The van der Waals surface area contributed by atoms with Crippen LogP contribution in [0.5, 0.6) is 0 Å². The van der Waals surface area contributed by atoms with Crippen molar-refractivity contribution in [3.05, 3.63) is 34.2 Å². The summed E-state index contributed by atoms with van der Waals surface area (Å²) in [6.07, 6.45) is 0.829. The molecule has 6 nitrogen and oxygen atoms in total. The first-order valence-electron chi connectivity index (χ1n) is 7.19. The fourth-order valence-electron chi connectivity index (χ4n) is 1.76. The Morgan fingerprint density at radius 1 is 1.48 bits per heavy atom. The molecule has 2 amide bonds. The summed E-state index contributed by atoms with van der Waals surface area (Å²) in [6, 6.07) is 5.69. The molecule has 2 N–H and O–H groups in total. The van der Waals surface area contributed by atoms with Crippen LogP contribution in [-0.4, -0.2) is 34.5 Å². The summed E-state index contributed by atoms with van der Waals surface area (Å²) >= 11 is 2.96. The average Bonchev–Trinajstić information content (AvgIpc) is 3.16. The number of hydrogen-bond acceptors (Lipinski definition) is 6. The van der Waals surface area contributed by atoms with E-state index in [0.29, 0.717) is 18.1 Å². The molecular formula is C15H19N3O3S2. The predicted molar refractivity (Wildman–Crippen MR) is 92.8 cm³/mol. The Bertz CT molecular complexity index is 640. The van der Waals surface area contributed by atoms with Gasteiger partial charge in [-0.05, 0) is 31.7 Å². The lowest BCUT2D eigenvalue weighted by molar-refractivity contribution is -0.118. The number of nitrogens with one attached hydrogen (secondary N) is 2. The first kappa shape index (κ1) is 17.6. The topological polar surface area (TPSA) is 84.2 Å². The molecular weight excluding hydrogens is 334 g/mol. The van der Waals surface area contributed by atoms with E-state index in [-0.39, 0.29) is 22.8 Å². The fraction of sp³-hybridized carbons (Fsp3) is 0.400. The van der Waals surface area contributed by atoms with Gasteiger partial charge in [-0.15, -0.1) is 23.1 Å². The Hall–Kier alpha value is -1.80. The maximum atomic E-state index is 12.0. The van der Waals surface area contributed by atoms with Gasteiger partial charge in [-0.1, -0.05) is 11.2 Å². The van der Waals surface area contributed by atoms with Crippen LogP contribution in [0.3, 0.4) is 0 Å². The van der Waals surface area contributed by atoms with Crippen molar-refractivity contribution >= 4 is 40.7 Å². The number of thiophene rings is 1. The molecule has 0 radical (unpaired) electrons. The van der Waals surface area contributed by atoms with E-state index >= 15 is 0 Å². The van der Waals surface area contributed by atoms with Crippen LogP contribution in [0.4, 0.5) is 5.82 Å². The molecule has 1 atom stereocenters. The third-order valence-corrected chi connectivity index (χ3v) is 5.07. The van der Waals surface area contributed by atoms with Crippen LogP contribution in [0.25, 0.3) is 0 Å². The number of amides is 2. The molecule has 2 aromatic heterocycles. The number of anilines is 1. The molecule has 2 aromatic rings. The van der Waals surface area contributed by atoms with Crippen LogP contribution in [0.2, 0.25) is 0 Å². The standard InChI is InChI=1S/C15H19N3O3S2/c1-10-8-13(18-21-10)17-15(20)11(2)23-9-14(19)16-6-5-12-4-3-7-22-12/h3-4,7-8,11H,5-6,9H2,1-2H3,(H,16,19)(H,17,18,20). The van der Waals surface area contributed by atoms with Gasteiger partial charge in [-0.3, -0.25) is 9.59 Å². The maximum absolute atomic E-state index is 12.0. The fourth-order valence-corrected chi connectivity index (χ4v) is 3.18. The highest BCUT2D eigenvalue weighted by molar-refractivity contribution is 8.01. The van der Waals surface area contributed by atoms with E-state index in [9.17, 15) is 9.59 Å². The molecule has 0 aliphatic heterocycles. The lowest BCUT2D eigenvalue weighted by atomic mass is 10.3. The van der Waals surface area contributed by atoms with Crippen LogP contribution < -0.4 is 10.6 Å². The summed E-state index contributed by atoms with van der Waals surface area (Å²) in [5.74, 6) is 1.00. The Kier molecular flexibility index (Phi) is 6.66. The number of aryl methyl sites for hydroxylation is 1. The van der Waals surface area contributed by atoms with Crippen molar-refractivity contribution in [3.8, 4) is 0 Å². The smallest absolute Gasteiger partial charge is 0.238 e. The second-order valence-electron chi connectivity index (χ2n) is 4.94. The SMILES string of the molecule is Cc1cc(NC(=O)C(C)SCC(=O)NCCc2cccs2)no1. The average molecular weight is 353 g/mol. The maximum Gasteiger partial charge on any atom is 0.238 e. The van der Waals surface area contributed by atoms with Crippen LogP contribution in [0.1, 0.15) is 17.6 Å². The second kappa shape index (κ2) is 8.73. The number of carbonyl (C=O) groups excluding carboxylic acids is 2. The number of nitrogens with zero attached hydrogens (tertiary/aromatic N) is 1. The van der Waals surface area contributed by atoms with Crippen LogP contribution in [-0.2, 0) is 16.0 Å². The van der Waals surface area contributed by atoms with E-state index in [1.807, 2.05) is 17.5 Å². The number of rotatable bonds is 8. The van der Waals surface area contributed by atoms with Gasteiger partial charge >= 0.3 is 0 Å². The third kappa shape index (κ3) is 6.07. The normalized spacial score (nSPS) is 11.9. The van der Waals surface area contributed by atoms with Gasteiger partial charge in [-0.2, -0.15) is 0 Å². The zero-order valence-corrected chi connectivity index (χ0v) is 14.6. The molecule has 0 bridgehead atoms. The first-order valence-corrected chi connectivity index (χ1v) is 9.12. The second-order valence-corrected chi connectivity index (χ2v) is 7.31. The molecule has 0 spiro atoms. The van der Waals surface area contributed by atoms with Gasteiger partial charge in [0, 0.05) is 17.5 Å². The summed E-state index contributed by atoms with van der Waals surface area (Å²) in [5.41, 5.74) is 0. The quantitative estimate of drug-likeness (QED) is 0.761. The van der Waals surface area contributed by atoms with E-state index < -0.39 is 0 Å². The number of thioether (sulfide) groups is 1. The molecule has 23 heavy (non-hydrogen) atoms. The Morgan fingerprint density at radius 3 is 2.96 bits per heavy atom. The van der Waals surface area contributed by atoms with Crippen molar-refractivity contribution in [2.75, 3.05) is 17.6 Å². The van der Waals surface area contributed by atoms with E-state index in [4.69, 9.17) is 4.52 Å². The van der Waals surface area contributed by atoms with Gasteiger partial charge in [0.15, 0.2) is 5.82 Å². The van der Waals surface area contributed by atoms with Crippen LogP contribution in [0, 0.1) is 6.92 Å². The van der Waals surface area contributed by atoms with Crippen molar-refractivity contribution in [1.29, 1.82) is 0 Å². The number of hydrogen-bond donors (Lipinski definition) is 2. The van der Waals surface area contributed by atoms with Crippen molar-refractivity contribution in [2.24, 2.45) is 0 Å². The van der Waals surface area contributed by atoms with Crippen LogP contribution >= 0.6 is 23.1 Å². The summed E-state index contributed by atoms with van der Waals surface area (Å²) in [4.78, 5) is 25.0. The molecule has 0 fully saturated rings. The van der Waals surface area contributed by atoms with Gasteiger partial charge in [0.2, 0.25) is 11.8 Å². The van der Waals surface area contributed by atoms with E-state index in [2.05, 4.69) is 15.8 Å². The zero-order chi connectivity index (χ0) is 16.7. The Labute approximate surface area is 143 Å². The largest absolute Gasteiger partial charge is 0.360 e. The molecule has 0 aliphatic rings. The van der Waals surface area contributed by atoms with E-state index in [1.165, 1.54) is 16.6 Å². The number of carbonyl (C=O) groups is 2. The molecule has 1 unspecified atom stereocenters. The summed E-state index contributed by atoms with van der Waals surface area (Å²) in [7, 11) is 0. The summed E-state index contributed by atoms with van der Waals surface area (Å²) in [5, 5.41) is 10.9. The van der Waals surface area contributed by atoms with Gasteiger partial charge in [-0.25, -0.2) is 0 Å². The number of aromatic nitrogens is 1. The highest BCUT2D eigenvalue weighted by atomic mass is 32.2. The van der Waals surface area contributed by atoms with Crippen molar-refractivity contribution in [2.45, 2.75) is 25.5 Å². The van der Waals surface area contributed by atoms with E-state index in [1.54, 1.807) is 31.3 Å². The van der Waals surface area contributed by atoms with Crippen molar-refractivity contribution < 1.29 is 14.1 Å². The van der Waals surface area contributed by atoms with Gasteiger partial charge in [0.05, 0.1) is 11.0 Å². The predicted octanol–water partition coefficient (Wildman–Crippen LogP) is 2.46. The molecule has 124 valence electrons. The highest BCUT2D eigenvalue weighted by Gasteiger charge is 2.16. The lowest BCUT2D eigenvalue weighted by Crippen LogP contribution is -2.29. The van der Waals surface area contributed by atoms with E-state index in [0.717, 1.165) is 6.42 Å². The Morgan fingerprint density at radius 2 is 2.30 bits per heavy atom. The molecule has 0 saturated carbocycles. The minimum Gasteiger partial charge on any atom is -0.360 e. The minimum atomic E-state index is -0.352. The lowest BCUT2D eigenvalue weighted by Gasteiger charge is -2.10. The monoisotopic (exact) mass is 353 g/mol. The molecule has 0 aliphatic carbocycles. The highest BCUT2D eigenvalue weighted by Crippen LogP contribution is 2.14. The molecule has 0 aromatic carbocycles. The van der Waals surface area contributed by atoms with Gasteiger partial charge < -0.3 is 15.2 Å². The van der Waals surface area contributed by atoms with Crippen molar-refractivity contribution in [1.82, 2.24) is 10.5 Å². The molecule has 8 heteroatoms. The third-order valence-electron chi connectivity index (χ3n) is 2.99. The molecule has 2 heterocycles. The Balaban J connectivity index is 1.63.